The van der Waals surface area contributed by atoms with Crippen LogP contribution in [0.25, 0.3) is 0 Å². The van der Waals surface area contributed by atoms with Crippen molar-refractivity contribution in [3.63, 3.8) is 0 Å². The lowest BCUT2D eigenvalue weighted by Crippen LogP contribution is -2.23. The third kappa shape index (κ3) is 2.58. The molecule has 0 aliphatic carbocycles. The number of aliphatic carboxylic acids is 1. The van der Waals surface area contributed by atoms with Crippen molar-refractivity contribution in [2.45, 2.75) is 25.6 Å². The first-order valence-corrected chi connectivity index (χ1v) is 6.81. The summed E-state index contributed by atoms with van der Waals surface area (Å²) >= 11 is 0. The summed E-state index contributed by atoms with van der Waals surface area (Å²) < 4.78 is 0. The first-order valence-electron chi connectivity index (χ1n) is 6.81. The fourth-order valence-electron chi connectivity index (χ4n) is 2.92. The SMILES string of the molecule is O=C(O)CC1c2ccccc2CN1Cc1ccccc1. The largest absolute Gasteiger partial charge is 0.481 e. The van der Waals surface area contributed by atoms with Crippen LogP contribution in [0.5, 0.6) is 0 Å². The molecule has 102 valence electrons. The summed E-state index contributed by atoms with van der Waals surface area (Å²) in [5.74, 6) is -0.746. The molecule has 1 N–H and O–H groups in total. The van der Waals surface area contributed by atoms with Gasteiger partial charge in [0.25, 0.3) is 0 Å². The minimum Gasteiger partial charge on any atom is -0.481 e. The highest BCUT2D eigenvalue weighted by molar-refractivity contribution is 5.68. The number of nitrogens with zero attached hydrogens (tertiary/aromatic N) is 1. The van der Waals surface area contributed by atoms with Gasteiger partial charge >= 0.3 is 5.97 Å². The second kappa shape index (κ2) is 5.47. The Labute approximate surface area is 118 Å². The molecule has 3 rings (SSSR count). The van der Waals surface area contributed by atoms with Crippen LogP contribution in [0, 0.1) is 0 Å². The lowest BCUT2D eigenvalue weighted by atomic mass is 10.0. The standard InChI is InChI=1S/C17H17NO2/c19-17(20)10-16-15-9-5-4-8-14(15)12-18(16)11-13-6-2-1-3-7-13/h1-9,16H,10-12H2,(H,19,20). The molecule has 1 aliphatic heterocycles. The normalized spacial score (nSPS) is 17.9. The van der Waals surface area contributed by atoms with Gasteiger partial charge in [-0.15, -0.1) is 0 Å². The fourth-order valence-corrected chi connectivity index (χ4v) is 2.92. The van der Waals surface area contributed by atoms with Gasteiger partial charge < -0.3 is 5.11 Å². The van der Waals surface area contributed by atoms with E-state index in [-0.39, 0.29) is 12.5 Å². The zero-order valence-corrected chi connectivity index (χ0v) is 11.2. The highest BCUT2D eigenvalue weighted by atomic mass is 16.4. The molecule has 2 aromatic carbocycles. The van der Waals surface area contributed by atoms with Crippen LogP contribution in [0.3, 0.4) is 0 Å². The van der Waals surface area contributed by atoms with Gasteiger partial charge in [0.2, 0.25) is 0 Å². The third-order valence-electron chi connectivity index (χ3n) is 3.82. The van der Waals surface area contributed by atoms with Crippen LogP contribution in [-0.2, 0) is 17.9 Å². The van der Waals surface area contributed by atoms with Crippen LogP contribution in [0.15, 0.2) is 54.6 Å². The fraction of sp³-hybridized carbons (Fsp3) is 0.235. The lowest BCUT2D eigenvalue weighted by molar-refractivity contribution is -0.138. The second-order valence-electron chi connectivity index (χ2n) is 5.20. The highest BCUT2D eigenvalue weighted by Crippen LogP contribution is 2.36. The summed E-state index contributed by atoms with van der Waals surface area (Å²) in [6, 6.07) is 18.3. The van der Waals surface area contributed by atoms with E-state index in [0.29, 0.717) is 0 Å². The Morgan fingerprint density at radius 2 is 1.80 bits per heavy atom. The number of hydrogen-bond acceptors (Lipinski definition) is 2. The Bertz CT molecular complexity index is 609. The summed E-state index contributed by atoms with van der Waals surface area (Å²) in [7, 11) is 0. The van der Waals surface area contributed by atoms with Crippen molar-refractivity contribution in [2.24, 2.45) is 0 Å². The van der Waals surface area contributed by atoms with Crippen LogP contribution in [0.4, 0.5) is 0 Å². The molecule has 0 saturated carbocycles. The van der Waals surface area contributed by atoms with Crippen molar-refractivity contribution in [1.29, 1.82) is 0 Å². The quantitative estimate of drug-likeness (QED) is 0.924. The van der Waals surface area contributed by atoms with E-state index < -0.39 is 5.97 Å². The maximum atomic E-state index is 11.1. The van der Waals surface area contributed by atoms with Crippen molar-refractivity contribution in [1.82, 2.24) is 4.90 Å². The second-order valence-corrected chi connectivity index (χ2v) is 5.20. The van der Waals surface area contributed by atoms with E-state index in [4.69, 9.17) is 5.11 Å². The molecule has 0 bridgehead atoms. The Balaban J connectivity index is 1.86. The lowest BCUT2D eigenvalue weighted by Gasteiger charge is -2.23. The summed E-state index contributed by atoms with van der Waals surface area (Å²) in [6.45, 7) is 1.61. The number of hydrogen-bond donors (Lipinski definition) is 1. The van der Waals surface area contributed by atoms with Gasteiger partial charge in [-0.25, -0.2) is 0 Å². The van der Waals surface area contributed by atoms with Crippen LogP contribution in [0.2, 0.25) is 0 Å². The van der Waals surface area contributed by atoms with E-state index in [9.17, 15) is 4.79 Å². The average Bonchev–Trinajstić information content (AvgIpc) is 2.78. The molecule has 1 atom stereocenters. The van der Waals surface area contributed by atoms with Gasteiger partial charge in [0.1, 0.15) is 0 Å². The van der Waals surface area contributed by atoms with Crippen LogP contribution in [-0.4, -0.2) is 16.0 Å². The number of fused-ring (bicyclic) bond motifs is 1. The molecule has 1 aliphatic rings. The molecule has 0 fully saturated rings. The summed E-state index contributed by atoms with van der Waals surface area (Å²) in [4.78, 5) is 13.4. The van der Waals surface area contributed by atoms with E-state index in [0.717, 1.165) is 18.7 Å². The monoisotopic (exact) mass is 267 g/mol. The Morgan fingerprint density at radius 3 is 2.55 bits per heavy atom. The molecule has 0 aromatic heterocycles. The summed E-state index contributed by atoms with van der Waals surface area (Å²) in [6.07, 6.45) is 0.157. The van der Waals surface area contributed by atoms with E-state index in [2.05, 4.69) is 23.1 Å². The molecule has 1 heterocycles. The minimum atomic E-state index is -0.746. The number of carbonyl (C=O) groups is 1. The first kappa shape index (κ1) is 12.9. The zero-order valence-electron chi connectivity index (χ0n) is 11.2. The van der Waals surface area contributed by atoms with Crippen molar-refractivity contribution >= 4 is 5.97 Å². The minimum absolute atomic E-state index is 0.0242. The van der Waals surface area contributed by atoms with Crippen molar-refractivity contribution in [2.75, 3.05) is 0 Å². The van der Waals surface area contributed by atoms with E-state index in [1.807, 2.05) is 36.4 Å². The molecule has 0 spiro atoms. The number of rotatable bonds is 4. The molecule has 2 aromatic rings. The van der Waals surface area contributed by atoms with E-state index in [1.54, 1.807) is 0 Å². The number of carboxylic acid groups (broad SMARTS) is 1. The van der Waals surface area contributed by atoms with Gasteiger partial charge in [-0.05, 0) is 16.7 Å². The number of carboxylic acids is 1. The van der Waals surface area contributed by atoms with Crippen molar-refractivity contribution < 1.29 is 9.90 Å². The molecule has 0 saturated heterocycles. The Hall–Kier alpha value is -2.13. The molecular weight excluding hydrogens is 250 g/mol. The average molecular weight is 267 g/mol. The van der Waals surface area contributed by atoms with Gasteiger partial charge in [0.05, 0.1) is 6.42 Å². The molecule has 0 amide bonds. The summed E-state index contributed by atoms with van der Waals surface area (Å²) in [5.41, 5.74) is 3.62. The Morgan fingerprint density at radius 1 is 1.10 bits per heavy atom. The summed E-state index contributed by atoms with van der Waals surface area (Å²) in [5, 5.41) is 9.16. The smallest absolute Gasteiger partial charge is 0.305 e. The first-order chi connectivity index (χ1) is 9.74. The maximum Gasteiger partial charge on any atom is 0.305 e. The highest BCUT2D eigenvalue weighted by Gasteiger charge is 2.31. The number of benzene rings is 2. The predicted octanol–water partition coefficient (Wildman–Crippen LogP) is 3.22. The zero-order chi connectivity index (χ0) is 13.9. The molecule has 1 unspecified atom stereocenters. The molecule has 3 nitrogen and oxygen atoms in total. The molecular formula is C17H17NO2. The van der Waals surface area contributed by atoms with E-state index >= 15 is 0 Å². The van der Waals surface area contributed by atoms with Gasteiger partial charge in [-0.2, -0.15) is 0 Å². The van der Waals surface area contributed by atoms with Gasteiger partial charge in [-0.1, -0.05) is 54.6 Å². The predicted molar refractivity (Wildman–Crippen MR) is 77.1 cm³/mol. The molecule has 3 heteroatoms. The molecule has 20 heavy (non-hydrogen) atoms. The maximum absolute atomic E-state index is 11.1. The topological polar surface area (TPSA) is 40.5 Å². The Kier molecular flexibility index (Phi) is 3.52. The van der Waals surface area contributed by atoms with Gasteiger partial charge in [0, 0.05) is 19.1 Å². The van der Waals surface area contributed by atoms with Crippen molar-refractivity contribution in [3.05, 3.63) is 71.3 Å². The van der Waals surface area contributed by atoms with Crippen LogP contribution < -0.4 is 0 Å². The van der Waals surface area contributed by atoms with E-state index in [1.165, 1.54) is 11.1 Å². The third-order valence-corrected chi connectivity index (χ3v) is 3.82. The van der Waals surface area contributed by atoms with Gasteiger partial charge in [-0.3, -0.25) is 9.69 Å². The van der Waals surface area contributed by atoms with Gasteiger partial charge in [0.15, 0.2) is 0 Å². The van der Waals surface area contributed by atoms with Crippen molar-refractivity contribution in [3.8, 4) is 0 Å². The van der Waals surface area contributed by atoms with Crippen LogP contribution >= 0.6 is 0 Å². The van der Waals surface area contributed by atoms with Crippen LogP contribution in [0.1, 0.15) is 29.2 Å². The molecule has 0 radical (unpaired) electrons.